The third-order valence-electron chi connectivity index (χ3n) is 3.07. The summed E-state index contributed by atoms with van der Waals surface area (Å²) in [4.78, 5) is 33.7. The largest absolute Gasteiger partial charge is 0.484 e. The SMILES string of the molecule is O=C(COc1ccc(Br)cc1)NC(=S)NNC(=O)c1ccc([N+](=O)[O-])cc1. The molecule has 140 valence electrons. The monoisotopic (exact) mass is 452 g/mol. The van der Waals surface area contributed by atoms with Crippen molar-refractivity contribution in [1.82, 2.24) is 16.2 Å². The van der Waals surface area contributed by atoms with Crippen molar-refractivity contribution in [2.45, 2.75) is 0 Å². The molecular formula is C16H13BrN4O5S. The van der Waals surface area contributed by atoms with E-state index in [2.05, 4.69) is 32.1 Å². The molecule has 2 rings (SSSR count). The normalized spacial score (nSPS) is 9.81. The summed E-state index contributed by atoms with van der Waals surface area (Å²) in [6, 6.07) is 11.9. The van der Waals surface area contributed by atoms with Gasteiger partial charge in [-0.05, 0) is 48.6 Å². The molecule has 2 aromatic carbocycles. The summed E-state index contributed by atoms with van der Waals surface area (Å²) in [5, 5.41) is 12.8. The van der Waals surface area contributed by atoms with E-state index in [1.165, 1.54) is 24.3 Å². The zero-order valence-electron chi connectivity index (χ0n) is 13.6. The molecule has 0 heterocycles. The topological polar surface area (TPSA) is 123 Å². The molecule has 3 N–H and O–H groups in total. The maximum Gasteiger partial charge on any atom is 0.269 e. The first-order valence-corrected chi connectivity index (χ1v) is 8.58. The van der Waals surface area contributed by atoms with Gasteiger partial charge in [-0.2, -0.15) is 0 Å². The Morgan fingerprint density at radius 2 is 1.70 bits per heavy atom. The number of non-ortho nitro benzene ring substituents is 1. The quantitative estimate of drug-likeness (QED) is 0.360. The number of nitro benzene ring substituents is 1. The summed E-state index contributed by atoms with van der Waals surface area (Å²) < 4.78 is 6.17. The number of carbonyl (C=O) groups is 2. The van der Waals surface area contributed by atoms with Crippen LogP contribution in [0.4, 0.5) is 5.69 Å². The van der Waals surface area contributed by atoms with Gasteiger partial charge in [-0.3, -0.25) is 35.9 Å². The van der Waals surface area contributed by atoms with E-state index in [-0.39, 0.29) is 23.0 Å². The van der Waals surface area contributed by atoms with E-state index < -0.39 is 16.7 Å². The molecule has 0 aromatic heterocycles. The highest BCUT2D eigenvalue weighted by atomic mass is 79.9. The number of thiocarbonyl (C=S) groups is 1. The van der Waals surface area contributed by atoms with Crippen molar-refractivity contribution >= 4 is 50.8 Å². The second-order valence-corrected chi connectivity index (χ2v) is 6.33. The van der Waals surface area contributed by atoms with Gasteiger partial charge in [0.2, 0.25) is 0 Å². The second-order valence-electron chi connectivity index (χ2n) is 5.00. The van der Waals surface area contributed by atoms with Crippen molar-refractivity contribution in [2.75, 3.05) is 6.61 Å². The van der Waals surface area contributed by atoms with Gasteiger partial charge in [0.15, 0.2) is 11.7 Å². The fraction of sp³-hybridized carbons (Fsp3) is 0.0625. The van der Waals surface area contributed by atoms with Crippen molar-refractivity contribution in [2.24, 2.45) is 0 Å². The summed E-state index contributed by atoms with van der Waals surface area (Å²) in [5.74, 6) is -0.577. The smallest absolute Gasteiger partial charge is 0.269 e. The highest BCUT2D eigenvalue weighted by Gasteiger charge is 2.10. The Kier molecular flexibility index (Phi) is 7.20. The van der Waals surface area contributed by atoms with E-state index >= 15 is 0 Å². The van der Waals surface area contributed by atoms with Crippen LogP contribution >= 0.6 is 28.1 Å². The molecule has 0 aliphatic heterocycles. The lowest BCUT2D eigenvalue weighted by Crippen LogP contribution is -2.49. The summed E-state index contributed by atoms with van der Waals surface area (Å²) in [6.45, 7) is -0.264. The molecule has 0 aliphatic rings. The first-order valence-electron chi connectivity index (χ1n) is 7.38. The average Bonchev–Trinajstić information content (AvgIpc) is 2.65. The third kappa shape index (κ3) is 6.64. The highest BCUT2D eigenvalue weighted by Crippen LogP contribution is 2.15. The van der Waals surface area contributed by atoms with Crippen molar-refractivity contribution < 1.29 is 19.2 Å². The van der Waals surface area contributed by atoms with Crippen LogP contribution in [0.1, 0.15) is 10.4 Å². The predicted molar refractivity (Wildman–Crippen MR) is 104 cm³/mol. The summed E-state index contributed by atoms with van der Waals surface area (Å²) in [5.41, 5.74) is 4.68. The van der Waals surface area contributed by atoms with E-state index in [9.17, 15) is 19.7 Å². The molecule has 0 spiro atoms. The van der Waals surface area contributed by atoms with Crippen molar-refractivity contribution in [3.8, 4) is 5.75 Å². The first kappa shape index (κ1) is 20.3. The summed E-state index contributed by atoms with van der Waals surface area (Å²) >= 11 is 8.18. The Balaban J connectivity index is 1.74. The molecule has 0 unspecified atom stereocenters. The third-order valence-corrected chi connectivity index (χ3v) is 3.80. The van der Waals surface area contributed by atoms with Crippen molar-refractivity contribution in [3.63, 3.8) is 0 Å². The van der Waals surface area contributed by atoms with Gasteiger partial charge in [0.1, 0.15) is 5.75 Å². The maximum atomic E-state index is 11.9. The van der Waals surface area contributed by atoms with Gasteiger partial charge < -0.3 is 4.74 Å². The van der Waals surface area contributed by atoms with Crippen molar-refractivity contribution in [1.29, 1.82) is 0 Å². The maximum absolute atomic E-state index is 11.9. The minimum Gasteiger partial charge on any atom is -0.484 e. The number of hydrogen-bond acceptors (Lipinski definition) is 6. The number of halogens is 1. The minimum atomic E-state index is -0.576. The highest BCUT2D eigenvalue weighted by molar-refractivity contribution is 9.10. The zero-order valence-corrected chi connectivity index (χ0v) is 16.0. The molecule has 0 saturated carbocycles. The van der Waals surface area contributed by atoms with Gasteiger partial charge >= 0.3 is 0 Å². The summed E-state index contributed by atoms with van der Waals surface area (Å²) in [6.07, 6.45) is 0. The van der Waals surface area contributed by atoms with Crippen LogP contribution in [-0.4, -0.2) is 28.5 Å². The number of nitro groups is 1. The number of nitrogens with one attached hydrogen (secondary N) is 3. The molecular weight excluding hydrogens is 440 g/mol. The fourth-order valence-electron chi connectivity index (χ4n) is 1.79. The Morgan fingerprint density at radius 1 is 1.07 bits per heavy atom. The van der Waals surface area contributed by atoms with Crippen LogP contribution in [0.5, 0.6) is 5.75 Å². The van der Waals surface area contributed by atoms with Crippen LogP contribution in [0, 0.1) is 10.1 Å². The number of hydrazine groups is 1. The summed E-state index contributed by atoms with van der Waals surface area (Å²) in [7, 11) is 0. The first-order chi connectivity index (χ1) is 12.8. The average molecular weight is 453 g/mol. The van der Waals surface area contributed by atoms with Gasteiger partial charge in [-0.25, -0.2) is 0 Å². The molecule has 0 saturated heterocycles. The van der Waals surface area contributed by atoms with Crippen LogP contribution in [0.3, 0.4) is 0 Å². The predicted octanol–water partition coefficient (Wildman–Crippen LogP) is 2.07. The molecule has 0 fully saturated rings. The second kappa shape index (κ2) is 9.59. The number of nitrogens with zero attached hydrogens (tertiary/aromatic N) is 1. The van der Waals surface area contributed by atoms with Gasteiger partial charge in [-0.15, -0.1) is 0 Å². The Hall–Kier alpha value is -3.05. The molecule has 0 radical (unpaired) electrons. The number of carbonyl (C=O) groups excluding carboxylic acids is 2. The lowest BCUT2D eigenvalue weighted by Gasteiger charge is -2.11. The lowest BCUT2D eigenvalue weighted by atomic mass is 10.2. The number of ether oxygens (including phenoxy) is 1. The van der Waals surface area contributed by atoms with Crippen LogP contribution in [-0.2, 0) is 4.79 Å². The van der Waals surface area contributed by atoms with E-state index in [4.69, 9.17) is 17.0 Å². The Bertz CT molecular complexity index is 858. The molecule has 2 aromatic rings. The molecule has 11 heteroatoms. The molecule has 0 bridgehead atoms. The van der Waals surface area contributed by atoms with Crippen LogP contribution in [0.25, 0.3) is 0 Å². The van der Waals surface area contributed by atoms with Crippen LogP contribution in [0.2, 0.25) is 0 Å². The van der Waals surface area contributed by atoms with Crippen LogP contribution in [0.15, 0.2) is 53.0 Å². The number of benzene rings is 2. The standard InChI is InChI=1S/C16H13BrN4O5S/c17-11-3-7-13(8-4-11)26-9-14(22)18-16(27)20-19-15(23)10-1-5-12(6-2-10)21(24)25/h1-8H,9H2,(H,19,23)(H2,18,20,22,27). The molecule has 2 amide bonds. The number of rotatable bonds is 5. The van der Waals surface area contributed by atoms with E-state index in [1.807, 2.05) is 0 Å². The van der Waals surface area contributed by atoms with Gasteiger partial charge in [0, 0.05) is 22.2 Å². The molecule has 27 heavy (non-hydrogen) atoms. The van der Waals surface area contributed by atoms with E-state index in [0.29, 0.717) is 5.75 Å². The number of amides is 2. The fourth-order valence-corrected chi connectivity index (χ4v) is 2.22. The molecule has 0 atom stereocenters. The molecule has 9 nitrogen and oxygen atoms in total. The Labute approximate surface area is 167 Å². The van der Waals surface area contributed by atoms with E-state index in [0.717, 1.165) is 4.47 Å². The van der Waals surface area contributed by atoms with Crippen LogP contribution < -0.4 is 20.9 Å². The number of hydrogen-bond donors (Lipinski definition) is 3. The minimum absolute atomic E-state index is 0.130. The molecule has 0 aliphatic carbocycles. The van der Waals surface area contributed by atoms with Crippen molar-refractivity contribution in [3.05, 3.63) is 68.7 Å². The Morgan fingerprint density at radius 3 is 2.30 bits per heavy atom. The van der Waals surface area contributed by atoms with Gasteiger partial charge in [-0.1, -0.05) is 15.9 Å². The van der Waals surface area contributed by atoms with E-state index in [1.54, 1.807) is 24.3 Å². The van der Waals surface area contributed by atoms with Gasteiger partial charge in [0.25, 0.3) is 17.5 Å². The zero-order chi connectivity index (χ0) is 19.8. The lowest BCUT2D eigenvalue weighted by molar-refractivity contribution is -0.384. The van der Waals surface area contributed by atoms with Gasteiger partial charge in [0.05, 0.1) is 4.92 Å².